The van der Waals surface area contributed by atoms with Gasteiger partial charge in [-0.15, -0.1) is 0 Å². The second-order valence-corrected chi connectivity index (χ2v) is 5.42. The molecule has 0 bridgehead atoms. The summed E-state index contributed by atoms with van der Waals surface area (Å²) in [4.78, 5) is 22.0. The van der Waals surface area contributed by atoms with Gasteiger partial charge in [0.25, 0.3) is 0 Å². The van der Waals surface area contributed by atoms with Gasteiger partial charge >= 0.3 is 0 Å². The molecular formula is C15H15ClN4O. The zero-order valence-corrected chi connectivity index (χ0v) is 12.1. The molecule has 0 spiro atoms. The van der Waals surface area contributed by atoms with Crippen molar-refractivity contribution < 1.29 is 4.79 Å². The van der Waals surface area contributed by atoms with E-state index < -0.39 is 0 Å². The van der Waals surface area contributed by atoms with Crippen molar-refractivity contribution >= 4 is 23.3 Å². The van der Waals surface area contributed by atoms with Crippen molar-refractivity contribution in [3.8, 4) is 0 Å². The van der Waals surface area contributed by atoms with E-state index in [1.54, 1.807) is 6.20 Å². The molecule has 2 aromatic rings. The van der Waals surface area contributed by atoms with Gasteiger partial charge in [-0.2, -0.15) is 0 Å². The van der Waals surface area contributed by atoms with Gasteiger partial charge in [0.2, 0.25) is 5.91 Å². The summed E-state index contributed by atoms with van der Waals surface area (Å²) in [7, 11) is 0. The van der Waals surface area contributed by atoms with Gasteiger partial charge in [-0.1, -0.05) is 41.9 Å². The Morgan fingerprint density at radius 2 is 2.10 bits per heavy atom. The molecule has 1 saturated heterocycles. The third kappa shape index (κ3) is 3.49. The molecule has 6 heteroatoms. The summed E-state index contributed by atoms with van der Waals surface area (Å²) in [6.45, 7) is 1.29. The van der Waals surface area contributed by atoms with Crippen LogP contribution in [-0.4, -0.2) is 33.4 Å². The Kier molecular flexibility index (Phi) is 4.01. The lowest BCUT2D eigenvalue weighted by Crippen LogP contribution is -2.27. The molecule has 1 aromatic heterocycles. The summed E-state index contributed by atoms with van der Waals surface area (Å²) in [5, 5.41) is 3.55. The van der Waals surface area contributed by atoms with Crippen LogP contribution in [0.1, 0.15) is 12.0 Å². The number of aromatic nitrogens is 2. The summed E-state index contributed by atoms with van der Waals surface area (Å²) in [5.74, 6) is 0.744. The first-order chi connectivity index (χ1) is 10.2. The number of rotatable bonds is 4. The van der Waals surface area contributed by atoms with Crippen molar-refractivity contribution in [2.24, 2.45) is 0 Å². The molecule has 108 valence electrons. The predicted molar refractivity (Wildman–Crippen MR) is 80.9 cm³/mol. The van der Waals surface area contributed by atoms with Crippen molar-refractivity contribution in [2.45, 2.75) is 19.0 Å². The highest BCUT2D eigenvalue weighted by Crippen LogP contribution is 2.18. The van der Waals surface area contributed by atoms with Gasteiger partial charge in [0, 0.05) is 19.5 Å². The van der Waals surface area contributed by atoms with E-state index in [9.17, 15) is 4.79 Å². The molecule has 0 radical (unpaired) electrons. The Hall–Kier alpha value is -2.14. The van der Waals surface area contributed by atoms with E-state index in [2.05, 4.69) is 15.3 Å². The number of carbonyl (C=O) groups excluding carboxylic acids is 1. The SMILES string of the molecule is O=C1C[C@H](Nc2cncc(Cl)n2)CN1Cc1ccccc1. The van der Waals surface area contributed by atoms with E-state index in [1.807, 2.05) is 35.2 Å². The average molecular weight is 303 g/mol. The molecule has 3 rings (SSSR count). The Balaban J connectivity index is 1.62. The fourth-order valence-corrected chi connectivity index (χ4v) is 2.59. The van der Waals surface area contributed by atoms with Gasteiger partial charge in [-0.05, 0) is 5.56 Å². The second-order valence-electron chi connectivity index (χ2n) is 5.03. The summed E-state index contributed by atoms with van der Waals surface area (Å²) < 4.78 is 0. The number of nitrogens with one attached hydrogen (secondary N) is 1. The Labute approximate surface area is 128 Å². The Bertz CT molecular complexity index is 635. The molecule has 0 unspecified atom stereocenters. The number of likely N-dealkylation sites (tertiary alicyclic amines) is 1. The van der Waals surface area contributed by atoms with E-state index in [0.29, 0.717) is 30.5 Å². The lowest BCUT2D eigenvalue weighted by Gasteiger charge is -2.17. The molecule has 1 aliphatic rings. The first-order valence-corrected chi connectivity index (χ1v) is 7.14. The van der Waals surface area contributed by atoms with Crippen LogP contribution in [0.4, 0.5) is 5.82 Å². The molecule has 0 saturated carbocycles. The van der Waals surface area contributed by atoms with Crippen LogP contribution in [0.25, 0.3) is 0 Å². The first kappa shape index (κ1) is 13.8. The lowest BCUT2D eigenvalue weighted by molar-refractivity contribution is -0.128. The van der Waals surface area contributed by atoms with E-state index in [1.165, 1.54) is 6.20 Å². The third-order valence-corrected chi connectivity index (χ3v) is 3.57. The third-order valence-electron chi connectivity index (χ3n) is 3.39. The fraction of sp³-hybridized carbons (Fsp3) is 0.267. The highest BCUT2D eigenvalue weighted by molar-refractivity contribution is 6.29. The van der Waals surface area contributed by atoms with Crippen molar-refractivity contribution in [3.63, 3.8) is 0 Å². The smallest absolute Gasteiger partial charge is 0.225 e. The summed E-state index contributed by atoms with van der Waals surface area (Å²) >= 11 is 5.80. The molecule has 2 heterocycles. The van der Waals surface area contributed by atoms with E-state index in [0.717, 1.165) is 5.56 Å². The average Bonchev–Trinajstić information content (AvgIpc) is 2.80. The Morgan fingerprint density at radius 3 is 2.86 bits per heavy atom. The maximum Gasteiger partial charge on any atom is 0.225 e. The number of benzene rings is 1. The van der Waals surface area contributed by atoms with Crippen molar-refractivity contribution in [1.29, 1.82) is 0 Å². The number of hydrogen-bond donors (Lipinski definition) is 1. The standard InChI is InChI=1S/C15H15ClN4O/c16-13-7-17-8-14(19-13)18-12-6-15(21)20(10-12)9-11-4-2-1-3-5-11/h1-5,7-8,12H,6,9-10H2,(H,18,19)/t12-/m0/s1. The van der Waals surface area contributed by atoms with Crippen LogP contribution < -0.4 is 5.32 Å². The van der Waals surface area contributed by atoms with Gasteiger partial charge in [0.05, 0.1) is 18.4 Å². The minimum Gasteiger partial charge on any atom is -0.364 e. The molecular weight excluding hydrogens is 288 g/mol. The molecule has 1 aliphatic heterocycles. The molecule has 1 amide bonds. The van der Waals surface area contributed by atoms with Crippen LogP contribution in [0.3, 0.4) is 0 Å². The second kappa shape index (κ2) is 6.10. The van der Waals surface area contributed by atoms with Gasteiger partial charge in [0.1, 0.15) is 11.0 Å². The van der Waals surface area contributed by atoms with Gasteiger partial charge in [-0.3, -0.25) is 9.78 Å². The fourth-order valence-electron chi connectivity index (χ4n) is 2.45. The van der Waals surface area contributed by atoms with Gasteiger partial charge in [-0.25, -0.2) is 4.98 Å². The quantitative estimate of drug-likeness (QED) is 0.942. The number of nitrogens with zero attached hydrogens (tertiary/aromatic N) is 3. The minimum absolute atomic E-state index is 0.0361. The topological polar surface area (TPSA) is 58.1 Å². The van der Waals surface area contributed by atoms with E-state index in [4.69, 9.17) is 11.6 Å². The van der Waals surface area contributed by atoms with Crippen LogP contribution in [-0.2, 0) is 11.3 Å². The number of hydrogen-bond acceptors (Lipinski definition) is 4. The number of halogens is 1. The Morgan fingerprint density at radius 1 is 1.29 bits per heavy atom. The first-order valence-electron chi connectivity index (χ1n) is 6.76. The summed E-state index contributed by atoms with van der Waals surface area (Å²) in [6.07, 6.45) is 3.55. The largest absolute Gasteiger partial charge is 0.364 e. The highest BCUT2D eigenvalue weighted by atomic mass is 35.5. The maximum absolute atomic E-state index is 12.1. The molecule has 0 aliphatic carbocycles. The normalized spacial score (nSPS) is 18.0. The van der Waals surface area contributed by atoms with E-state index >= 15 is 0 Å². The van der Waals surface area contributed by atoms with Crippen LogP contribution in [0.5, 0.6) is 0 Å². The monoisotopic (exact) mass is 302 g/mol. The van der Waals surface area contributed by atoms with Crippen molar-refractivity contribution in [2.75, 3.05) is 11.9 Å². The zero-order valence-electron chi connectivity index (χ0n) is 11.4. The predicted octanol–water partition coefficient (Wildman–Crippen LogP) is 2.34. The molecule has 21 heavy (non-hydrogen) atoms. The number of amides is 1. The number of anilines is 1. The van der Waals surface area contributed by atoms with Gasteiger partial charge in [0.15, 0.2) is 0 Å². The lowest BCUT2D eigenvalue weighted by atomic mass is 10.2. The van der Waals surface area contributed by atoms with Crippen LogP contribution in [0.2, 0.25) is 5.15 Å². The van der Waals surface area contributed by atoms with Gasteiger partial charge < -0.3 is 10.2 Å². The summed E-state index contributed by atoms with van der Waals surface area (Å²) in [5.41, 5.74) is 1.13. The summed E-state index contributed by atoms with van der Waals surface area (Å²) in [6, 6.07) is 10.0. The molecule has 1 atom stereocenters. The van der Waals surface area contributed by atoms with Crippen LogP contribution >= 0.6 is 11.6 Å². The molecule has 1 aromatic carbocycles. The maximum atomic E-state index is 12.1. The van der Waals surface area contributed by atoms with Crippen LogP contribution in [0.15, 0.2) is 42.7 Å². The molecule has 5 nitrogen and oxygen atoms in total. The van der Waals surface area contributed by atoms with Crippen LogP contribution in [0, 0.1) is 0 Å². The number of carbonyl (C=O) groups is 1. The molecule has 1 fully saturated rings. The van der Waals surface area contributed by atoms with Crippen molar-refractivity contribution in [3.05, 3.63) is 53.4 Å². The molecule has 1 N–H and O–H groups in total. The zero-order chi connectivity index (χ0) is 14.7. The van der Waals surface area contributed by atoms with Crippen molar-refractivity contribution in [1.82, 2.24) is 14.9 Å². The minimum atomic E-state index is 0.0361. The van der Waals surface area contributed by atoms with E-state index in [-0.39, 0.29) is 11.9 Å². The highest BCUT2D eigenvalue weighted by Gasteiger charge is 2.29.